The molecule has 2 nitrogen and oxygen atoms in total. The number of hydrogen-bond acceptors (Lipinski definition) is 1. The average Bonchev–Trinajstić information content (AvgIpc) is 2.49. The van der Waals surface area contributed by atoms with Crippen molar-refractivity contribution in [2.24, 2.45) is 0 Å². The maximum atomic E-state index is 9.67. The van der Waals surface area contributed by atoms with Crippen molar-refractivity contribution < 1.29 is 22.2 Å². The van der Waals surface area contributed by atoms with Gasteiger partial charge in [-0.05, 0) is 27.7 Å². The Morgan fingerprint density at radius 1 is 1.19 bits per heavy atom. The second kappa shape index (κ2) is 8.41. The molecule has 96 valence electrons. The molecule has 0 atom stereocenters. The van der Waals surface area contributed by atoms with Gasteiger partial charge in [0, 0.05) is 0 Å². The molecule has 0 spiro atoms. The molecule has 0 unspecified atom stereocenters. The van der Waals surface area contributed by atoms with Crippen molar-refractivity contribution in [3.05, 3.63) is 0 Å². The molecule has 0 saturated carbocycles. The zero-order chi connectivity index (χ0) is 12.0. The molecule has 0 radical (unpaired) electrons. The standard InChI is InChI=1S/C9H19N2.BF3.FH/c1-8(2)10-5-6-11(7-10)9(3)4;2-1(3)4;/h7-9H,5-6H2,1-4H3;;1H/q+1;;/p-1. The molecule has 0 aromatic heterocycles. The fraction of sp³-hybridized carbons (Fsp3) is 0.889. The Morgan fingerprint density at radius 2 is 1.62 bits per heavy atom. The third kappa shape index (κ3) is 7.53. The van der Waals surface area contributed by atoms with E-state index in [9.17, 15) is 12.9 Å². The van der Waals surface area contributed by atoms with E-state index in [4.69, 9.17) is 0 Å². The van der Waals surface area contributed by atoms with Gasteiger partial charge in [-0.15, -0.1) is 0 Å². The summed E-state index contributed by atoms with van der Waals surface area (Å²) in [5, 5.41) is 0. The molecule has 7 heteroatoms. The fourth-order valence-electron chi connectivity index (χ4n) is 1.32. The van der Waals surface area contributed by atoms with Crippen LogP contribution < -0.4 is 4.70 Å². The maximum absolute atomic E-state index is 9.67. The SMILES string of the molecule is CC(C)N1C=[N+](C(C)C)CC1.FB(F)F.[F-]. The van der Waals surface area contributed by atoms with E-state index < -0.39 is 7.54 Å². The molecule has 0 bridgehead atoms. The molecule has 0 aromatic rings. The molecule has 0 N–H and O–H groups in total. The Kier molecular flexibility index (Phi) is 9.28. The molecule has 1 aliphatic heterocycles. The lowest BCUT2D eigenvalue weighted by molar-refractivity contribution is -0.545. The molecule has 16 heavy (non-hydrogen) atoms. The minimum absolute atomic E-state index is 0. The summed E-state index contributed by atoms with van der Waals surface area (Å²) in [5.41, 5.74) is 0. The van der Waals surface area contributed by atoms with Gasteiger partial charge in [-0.2, -0.15) is 0 Å². The van der Waals surface area contributed by atoms with Crippen LogP contribution >= 0.6 is 0 Å². The second-order valence-electron chi connectivity index (χ2n) is 4.03. The number of halogens is 4. The highest BCUT2D eigenvalue weighted by Crippen LogP contribution is 2.02. The average molecular weight is 242 g/mol. The second-order valence-corrected chi connectivity index (χ2v) is 4.03. The first-order valence-corrected chi connectivity index (χ1v) is 5.13. The highest BCUT2D eigenvalue weighted by atomic mass is 19.4. The van der Waals surface area contributed by atoms with Crippen LogP contribution in [-0.2, 0) is 0 Å². The quantitative estimate of drug-likeness (QED) is 0.343. The van der Waals surface area contributed by atoms with Crippen LogP contribution in [0, 0.1) is 0 Å². The summed E-state index contributed by atoms with van der Waals surface area (Å²) in [7, 11) is -3.67. The van der Waals surface area contributed by atoms with Crippen LogP contribution in [0.2, 0.25) is 0 Å². The molecule has 0 fully saturated rings. The molecule has 0 aliphatic carbocycles. The van der Waals surface area contributed by atoms with E-state index >= 15 is 0 Å². The van der Waals surface area contributed by atoms with Crippen molar-refractivity contribution in [3.63, 3.8) is 0 Å². The largest absolute Gasteiger partial charge is 1.00 e. The van der Waals surface area contributed by atoms with Gasteiger partial charge in [-0.25, -0.2) is 0 Å². The van der Waals surface area contributed by atoms with E-state index in [-0.39, 0.29) is 4.70 Å². The van der Waals surface area contributed by atoms with E-state index in [2.05, 4.69) is 43.5 Å². The Balaban J connectivity index is 0. The third-order valence-corrected chi connectivity index (χ3v) is 2.24. The van der Waals surface area contributed by atoms with Crippen molar-refractivity contribution in [1.82, 2.24) is 4.90 Å². The summed E-state index contributed by atoms with van der Waals surface area (Å²) in [5.74, 6) is 0. The van der Waals surface area contributed by atoms with Gasteiger partial charge in [0.15, 0.2) is 0 Å². The summed E-state index contributed by atoms with van der Waals surface area (Å²) in [6.07, 6.45) is 2.26. The van der Waals surface area contributed by atoms with E-state index in [0.717, 1.165) is 0 Å². The van der Waals surface area contributed by atoms with Crippen molar-refractivity contribution in [3.8, 4) is 0 Å². The van der Waals surface area contributed by atoms with Crippen LogP contribution in [0.3, 0.4) is 0 Å². The minimum atomic E-state index is -3.67. The van der Waals surface area contributed by atoms with E-state index in [1.165, 1.54) is 13.1 Å². The fourth-order valence-corrected chi connectivity index (χ4v) is 1.32. The molecular formula is C9H19BF4N2. The van der Waals surface area contributed by atoms with Crippen molar-refractivity contribution in [2.45, 2.75) is 39.8 Å². The summed E-state index contributed by atoms with van der Waals surface area (Å²) in [6.45, 7) is 11.3. The smallest absolute Gasteiger partial charge is 0.762 e. The van der Waals surface area contributed by atoms with Crippen LogP contribution in [0.4, 0.5) is 12.9 Å². The zero-order valence-electron chi connectivity index (χ0n) is 10.1. The van der Waals surface area contributed by atoms with Crippen molar-refractivity contribution in [2.75, 3.05) is 13.1 Å². The molecule has 1 rings (SSSR count). The van der Waals surface area contributed by atoms with Gasteiger partial charge in [-0.1, -0.05) is 0 Å². The molecule has 0 saturated heterocycles. The summed E-state index contributed by atoms with van der Waals surface area (Å²) in [6, 6.07) is 1.30. The Morgan fingerprint density at radius 3 is 1.81 bits per heavy atom. The first kappa shape index (κ1) is 17.6. The molecule has 1 heterocycles. The number of rotatable bonds is 2. The Labute approximate surface area is 94.7 Å². The highest BCUT2D eigenvalue weighted by Gasteiger charge is 2.22. The monoisotopic (exact) mass is 242 g/mol. The number of nitrogens with zero attached hydrogens (tertiary/aromatic N) is 2. The first-order chi connectivity index (χ1) is 6.84. The topological polar surface area (TPSA) is 6.25 Å². The lowest BCUT2D eigenvalue weighted by Crippen LogP contribution is -3.00. The van der Waals surface area contributed by atoms with Gasteiger partial charge in [0.1, 0.15) is 13.1 Å². The first-order valence-electron chi connectivity index (χ1n) is 5.13. The van der Waals surface area contributed by atoms with Crippen LogP contribution in [-0.4, -0.2) is 48.5 Å². The van der Waals surface area contributed by atoms with Gasteiger partial charge in [-0.3, -0.25) is 22.4 Å². The molecule has 1 aliphatic rings. The summed E-state index contributed by atoms with van der Waals surface area (Å²) >= 11 is 0. The summed E-state index contributed by atoms with van der Waals surface area (Å²) < 4.78 is 31.4. The van der Waals surface area contributed by atoms with Crippen LogP contribution in [0.25, 0.3) is 0 Å². The van der Waals surface area contributed by atoms with Crippen molar-refractivity contribution in [1.29, 1.82) is 0 Å². The molecular weight excluding hydrogens is 223 g/mol. The molecule has 0 aromatic carbocycles. The molecule has 0 amide bonds. The van der Waals surface area contributed by atoms with E-state index in [1.807, 2.05) is 0 Å². The Bertz CT molecular complexity index is 207. The normalized spacial score (nSPS) is 14.3. The van der Waals surface area contributed by atoms with Crippen LogP contribution in [0.5, 0.6) is 0 Å². The van der Waals surface area contributed by atoms with Gasteiger partial charge in [0.25, 0.3) is 0 Å². The van der Waals surface area contributed by atoms with Crippen molar-refractivity contribution >= 4 is 13.9 Å². The van der Waals surface area contributed by atoms with Crippen LogP contribution in [0.15, 0.2) is 0 Å². The summed E-state index contributed by atoms with van der Waals surface area (Å²) in [4.78, 5) is 2.39. The number of hydrogen-bond donors (Lipinski definition) is 0. The van der Waals surface area contributed by atoms with Crippen LogP contribution in [0.1, 0.15) is 27.7 Å². The van der Waals surface area contributed by atoms with Gasteiger partial charge in [0.05, 0.1) is 12.1 Å². The Hall–Kier alpha value is -0.745. The predicted octanol–water partition coefficient (Wildman–Crippen LogP) is -0.957. The predicted molar refractivity (Wildman–Crippen MR) is 57.2 cm³/mol. The maximum Gasteiger partial charge on any atom is 0.762 e. The van der Waals surface area contributed by atoms with E-state index in [1.54, 1.807) is 0 Å². The van der Waals surface area contributed by atoms with Gasteiger partial charge < -0.3 is 4.70 Å². The van der Waals surface area contributed by atoms with E-state index in [0.29, 0.717) is 12.1 Å². The lowest BCUT2D eigenvalue weighted by Gasteiger charge is -2.09. The highest BCUT2D eigenvalue weighted by molar-refractivity contribution is 6.33. The van der Waals surface area contributed by atoms with Gasteiger partial charge in [0.2, 0.25) is 6.34 Å². The zero-order valence-corrected chi connectivity index (χ0v) is 10.1. The third-order valence-electron chi connectivity index (χ3n) is 2.24. The minimum Gasteiger partial charge on any atom is -1.00 e. The lowest BCUT2D eigenvalue weighted by atomic mass is 10.3. The van der Waals surface area contributed by atoms with Gasteiger partial charge >= 0.3 is 7.54 Å².